The van der Waals surface area contributed by atoms with E-state index in [0.717, 1.165) is 17.7 Å². The van der Waals surface area contributed by atoms with Crippen LogP contribution in [0.4, 0.5) is 0 Å². The van der Waals surface area contributed by atoms with Crippen molar-refractivity contribution >= 4 is 23.3 Å². The number of hydrogen-bond donors (Lipinski definition) is 2. The smallest absolute Gasteiger partial charge is 0.261 e. The van der Waals surface area contributed by atoms with Crippen LogP contribution in [0.1, 0.15) is 18.2 Å². The van der Waals surface area contributed by atoms with Crippen LogP contribution in [0.2, 0.25) is 0 Å². The maximum absolute atomic E-state index is 11.6. The van der Waals surface area contributed by atoms with Gasteiger partial charge in [-0.3, -0.25) is 9.78 Å². The van der Waals surface area contributed by atoms with Crippen LogP contribution in [-0.4, -0.2) is 15.0 Å². The highest BCUT2D eigenvalue weighted by atomic mass is 32.1. The predicted octanol–water partition coefficient (Wildman–Crippen LogP) is 1.85. The van der Waals surface area contributed by atoms with Crippen LogP contribution in [0.25, 0.3) is 11.0 Å². The van der Waals surface area contributed by atoms with E-state index in [0.29, 0.717) is 15.8 Å². The lowest BCUT2D eigenvalue weighted by molar-refractivity contribution is 1.01. The molecule has 2 aromatic rings. The Bertz CT molecular complexity index is 627. The number of aromatic nitrogens is 3. The Morgan fingerprint density at radius 1 is 1.47 bits per heavy atom. The number of hydrogen-bond acceptors (Lipinski definition) is 3. The molecule has 0 saturated heterocycles. The third kappa shape index (κ3) is 1.70. The number of fused-ring (bicyclic) bond motifs is 1. The van der Waals surface area contributed by atoms with Crippen molar-refractivity contribution in [2.24, 2.45) is 0 Å². The molecule has 0 aromatic carbocycles. The monoisotopic (exact) mass is 221 g/mol. The van der Waals surface area contributed by atoms with Crippen LogP contribution in [-0.2, 0) is 6.42 Å². The quantitative estimate of drug-likeness (QED) is 0.722. The Labute approximate surface area is 91.4 Å². The van der Waals surface area contributed by atoms with Crippen molar-refractivity contribution in [1.29, 1.82) is 0 Å². The molecule has 2 heterocycles. The third-order valence-electron chi connectivity index (χ3n) is 2.36. The van der Waals surface area contributed by atoms with Gasteiger partial charge in [0.25, 0.3) is 5.56 Å². The number of rotatable bonds is 1. The van der Waals surface area contributed by atoms with E-state index in [1.165, 1.54) is 0 Å². The molecule has 4 nitrogen and oxygen atoms in total. The molecule has 2 rings (SSSR count). The average molecular weight is 221 g/mol. The SMILES string of the molecule is CCc1nc2[nH]c(=S)[nH]c(=O)c2cc1C. The van der Waals surface area contributed by atoms with Gasteiger partial charge in [-0.2, -0.15) is 0 Å². The van der Waals surface area contributed by atoms with Gasteiger partial charge in [0.2, 0.25) is 0 Å². The first-order chi connectivity index (χ1) is 7.11. The molecule has 0 spiro atoms. The van der Waals surface area contributed by atoms with Crippen molar-refractivity contribution < 1.29 is 0 Å². The van der Waals surface area contributed by atoms with Crippen molar-refractivity contribution in [3.63, 3.8) is 0 Å². The lowest BCUT2D eigenvalue weighted by Gasteiger charge is -2.03. The summed E-state index contributed by atoms with van der Waals surface area (Å²) in [4.78, 5) is 21.4. The lowest BCUT2D eigenvalue weighted by atomic mass is 10.1. The zero-order valence-corrected chi connectivity index (χ0v) is 9.36. The van der Waals surface area contributed by atoms with Crippen LogP contribution < -0.4 is 5.56 Å². The summed E-state index contributed by atoms with van der Waals surface area (Å²) in [6.45, 7) is 3.98. The van der Waals surface area contributed by atoms with Crippen LogP contribution in [0, 0.1) is 11.7 Å². The van der Waals surface area contributed by atoms with E-state index < -0.39 is 0 Å². The molecule has 0 saturated carbocycles. The van der Waals surface area contributed by atoms with Crippen molar-refractivity contribution in [3.8, 4) is 0 Å². The minimum absolute atomic E-state index is 0.188. The molecule has 0 aliphatic carbocycles. The van der Waals surface area contributed by atoms with Gasteiger partial charge < -0.3 is 4.98 Å². The molecule has 0 atom stereocenters. The molecule has 0 fully saturated rings. The zero-order chi connectivity index (χ0) is 11.0. The highest BCUT2D eigenvalue weighted by Gasteiger charge is 2.04. The van der Waals surface area contributed by atoms with Gasteiger partial charge in [0.1, 0.15) is 5.65 Å². The van der Waals surface area contributed by atoms with Gasteiger partial charge in [0, 0.05) is 5.69 Å². The molecule has 0 unspecified atom stereocenters. The van der Waals surface area contributed by atoms with E-state index in [9.17, 15) is 4.79 Å². The molecule has 0 bridgehead atoms. The van der Waals surface area contributed by atoms with Gasteiger partial charge in [-0.15, -0.1) is 0 Å². The first kappa shape index (κ1) is 10.0. The minimum Gasteiger partial charge on any atom is -0.316 e. The first-order valence-corrected chi connectivity index (χ1v) is 5.15. The summed E-state index contributed by atoms with van der Waals surface area (Å²) in [5.74, 6) is 0. The van der Waals surface area contributed by atoms with E-state index in [2.05, 4.69) is 15.0 Å². The van der Waals surface area contributed by atoms with Gasteiger partial charge >= 0.3 is 0 Å². The number of H-pyrrole nitrogens is 2. The van der Waals surface area contributed by atoms with E-state index in [1.807, 2.05) is 19.9 Å². The lowest BCUT2D eigenvalue weighted by Crippen LogP contribution is -2.10. The normalized spacial score (nSPS) is 10.8. The summed E-state index contributed by atoms with van der Waals surface area (Å²) in [6.07, 6.45) is 0.842. The number of aromatic amines is 2. The maximum Gasteiger partial charge on any atom is 0.261 e. The van der Waals surface area contributed by atoms with Crippen LogP contribution >= 0.6 is 12.2 Å². The summed E-state index contributed by atoms with van der Waals surface area (Å²) >= 11 is 4.89. The zero-order valence-electron chi connectivity index (χ0n) is 8.55. The van der Waals surface area contributed by atoms with E-state index in [1.54, 1.807) is 0 Å². The Morgan fingerprint density at radius 3 is 2.87 bits per heavy atom. The van der Waals surface area contributed by atoms with Crippen molar-refractivity contribution in [2.45, 2.75) is 20.3 Å². The minimum atomic E-state index is -0.188. The molecule has 5 heteroatoms. The molecule has 2 aromatic heterocycles. The molecule has 0 radical (unpaired) electrons. The average Bonchev–Trinajstić information content (AvgIpc) is 2.18. The molecule has 15 heavy (non-hydrogen) atoms. The third-order valence-corrected chi connectivity index (χ3v) is 2.56. The van der Waals surface area contributed by atoms with Gasteiger partial charge in [-0.1, -0.05) is 6.92 Å². The molecule has 0 aliphatic heterocycles. The fraction of sp³-hybridized carbons (Fsp3) is 0.300. The summed E-state index contributed by atoms with van der Waals surface area (Å²) in [5, 5.41) is 0.554. The second-order valence-corrected chi connectivity index (χ2v) is 3.82. The molecular formula is C10H11N3OS. The Morgan fingerprint density at radius 2 is 2.20 bits per heavy atom. The van der Waals surface area contributed by atoms with Crippen LogP contribution in [0.5, 0.6) is 0 Å². The summed E-state index contributed by atoms with van der Waals surface area (Å²) in [6, 6.07) is 1.84. The highest BCUT2D eigenvalue weighted by Crippen LogP contribution is 2.11. The molecule has 0 amide bonds. The van der Waals surface area contributed by atoms with Gasteiger partial charge in [-0.25, -0.2) is 4.98 Å². The van der Waals surface area contributed by atoms with E-state index in [4.69, 9.17) is 12.2 Å². The Balaban J connectivity index is 2.93. The maximum atomic E-state index is 11.6. The standard InChI is InChI=1S/C10H11N3OS/c1-3-7-5(2)4-6-8(11-7)12-10(15)13-9(6)14/h4H,3H2,1-2H3,(H2,11,12,13,14,15). The summed E-state index contributed by atoms with van der Waals surface area (Å²) in [7, 11) is 0. The summed E-state index contributed by atoms with van der Waals surface area (Å²) in [5.41, 5.74) is 2.39. The largest absolute Gasteiger partial charge is 0.316 e. The number of aryl methyl sites for hydroxylation is 2. The second kappa shape index (κ2) is 3.58. The van der Waals surface area contributed by atoms with Crippen molar-refractivity contribution in [3.05, 3.63) is 32.4 Å². The number of nitrogens with zero attached hydrogens (tertiary/aromatic N) is 1. The molecular weight excluding hydrogens is 210 g/mol. The first-order valence-electron chi connectivity index (χ1n) is 4.74. The second-order valence-electron chi connectivity index (χ2n) is 3.41. The Hall–Kier alpha value is -1.49. The van der Waals surface area contributed by atoms with Crippen LogP contribution in [0.3, 0.4) is 0 Å². The number of nitrogens with one attached hydrogen (secondary N) is 2. The predicted molar refractivity (Wildman–Crippen MR) is 61.7 cm³/mol. The fourth-order valence-corrected chi connectivity index (χ4v) is 1.78. The van der Waals surface area contributed by atoms with Gasteiger partial charge in [-0.05, 0) is 37.2 Å². The van der Waals surface area contributed by atoms with Crippen molar-refractivity contribution in [1.82, 2.24) is 15.0 Å². The molecule has 78 valence electrons. The van der Waals surface area contributed by atoms with Crippen LogP contribution in [0.15, 0.2) is 10.9 Å². The van der Waals surface area contributed by atoms with E-state index in [-0.39, 0.29) is 5.56 Å². The highest BCUT2D eigenvalue weighted by molar-refractivity contribution is 7.71. The number of pyridine rings is 1. The fourth-order valence-electron chi connectivity index (χ4n) is 1.59. The van der Waals surface area contributed by atoms with Gasteiger partial charge in [0.05, 0.1) is 5.39 Å². The van der Waals surface area contributed by atoms with E-state index >= 15 is 0 Å². The van der Waals surface area contributed by atoms with Gasteiger partial charge in [0.15, 0.2) is 4.77 Å². The summed E-state index contributed by atoms with van der Waals surface area (Å²) < 4.78 is 0.311. The van der Waals surface area contributed by atoms with Crippen molar-refractivity contribution in [2.75, 3.05) is 0 Å². The molecule has 2 N–H and O–H groups in total. The topological polar surface area (TPSA) is 61.5 Å². The Kier molecular flexibility index (Phi) is 2.40. The molecule has 0 aliphatic rings.